The van der Waals surface area contributed by atoms with Crippen molar-refractivity contribution >= 4 is 18.4 Å². The van der Waals surface area contributed by atoms with Gasteiger partial charge in [0.2, 0.25) is 6.10 Å². The van der Waals surface area contributed by atoms with Crippen molar-refractivity contribution in [2.75, 3.05) is 13.2 Å². The van der Waals surface area contributed by atoms with E-state index in [2.05, 4.69) is 41.7 Å². The maximum Gasteiger partial charge on any atom is 0.408 e. The van der Waals surface area contributed by atoms with Crippen molar-refractivity contribution in [3.63, 3.8) is 0 Å². The minimum absolute atomic E-state index is 0.136. The average Bonchev–Trinajstić information content (AvgIpc) is 3.13. The summed E-state index contributed by atoms with van der Waals surface area (Å²) >= 11 is 0. The molecule has 2 N–H and O–H groups in total. The van der Waals surface area contributed by atoms with Crippen molar-refractivity contribution in [2.24, 2.45) is 10.9 Å². The number of esters is 1. The molecule has 0 aromatic heterocycles. The number of rotatable bonds is 9. The zero-order valence-corrected chi connectivity index (χ0v) is 17.8. The van der Waals surface area contributed by atoms with Crippen LogP contribution < -0.4 is 10.7 Å². The Bertz CT molecular complexity index is 695. The zero-order chi connectivity index (χ0) is 21.4. The van der Waals surface area contributed by atoms with Crippen LogP contribution in [0.5, 0.6) is 0 Å². The van der Waals surface area contributed by atoms with E-state index in [1.807, 2.05) is 19.1 Å². The lowest BCUT2D eigenvalue weighted by atomic mass is 10.00. The van der Waals surface area contributed by atoms with E-state index >= 15 is 0 Å². The highest BCUT2D eigenvalue weighted by Gasteiger charge is 2.29. The molecule has 29 heavy (non-hydrogen) atoms. The Labute approximate surface area is 172 Å². The molecular formula is C21H32N4O4. The molecule has 1 heterocycles. The topological polar surface area (TPSA) is 92.3 Å². The lowest BCUT2D eigenvalue weighted by Crippen LogP contribution is -2.46. The third-order valence-electron chi connectivity index (χ3n) is 4.29. The van der Waals surface area contributed by atoms with E-state index in [9.17, 15) is 9.59 Å². The largest absolute Gasteiger partial charge is 0.460 e. The number of ether oxygens (including phenoxy) is 2. The third-order valence-corrected chi connectivity index (χ3v) is 4.29. The molecule has 2 atom stereocenters. The Morgan fingerprint density at radius 1 is 1.14 bits per heavy atom. The Hall–Kier alpha value is -2.61. The van der Waals surface area contributed by atoms with Gasteiger partial charge in [-0.05, 0) is 44.2 Å². The van der Waals surface area contributed by atoms with Crippen molar-refractivity contribution in [1.29, 1.82) is 0 Å². The normalized spacial score (nSPS) is 15.8. The molecule has 0 unspecified atom stereocenters. The number of carbonyl (C=O) groups is 2. The van der Waals surface area contributed by atoms with Crippen LogP contribution in [0, 0.1) is 5.92 Å². The molecule has 0 saturated heterocycles. The highest BCUT2D eigenvalue weighted by atomic mass is 16.6. The molecule has 1 amide bonds. The van der Waals surface area contributed by atoms with Gasteiger partial charge in [-0.15, -0.1) is 0 Å². The van der Waals surface area contributed by atoms with Gasteiger partial charge in [0.1, 0.15) is 6.67 Å². The smallest absolute Gasteiger partial charge is 0.408 e. The molecule has 0 spiro atoms. The van der Waals surface area contributed by atoms with E-state index in [0.29, 0.717) is 12.6 Å². The fourth-order valence-electron chi connectivity index (χ4n) is 2.92. The highest BCUT2D eigenvalue weighted by molar-refractivity contribution is 5.79. The van der Waals surface area contributed by atoms with E-state index in [0.717, 1.165) is 12.0 Å². The molecule has 1 aliphatic rings. The number of alkyl carbamates (subject to hydrolysis) is 1. The molecular weight excluding hydrogens is 372 g/mol. The predicted octanol–water partition coefficient (Wildman–Crippen LogP) is 2.80. The van der Waals surface area contributed by atoms with Crippen molar-refractivity contribution in [3.8, 4) is 0 Å². The molecule has 0 radical (unpaired) electrons. The number of nitrogens with one attached hydrogen (secondary N) is 2. The summed E-state index contributed by atoms with van der Waals surface area (Å²) in [6, 6.07) is 7.88. The molecule has 8 nitrogen and oxygen atoms in total. The minimum Gasteiger partial charge on any atom is -0.460 e. The monoisotopic (exact) mass is 404 g/mol. The summed E-state index contributed by atoms with van der Waals surface area (Å²) in [5, 5.41) is 4.44. The molecule has 0 aliphatic carbocycles. The van der Waals surface area contributed by atoms with E-state index < -0.39 is 18.2 Å². The molecule has 2 rings (SSSR count). The minimum atomic E-state index is -1.06. The summed E-state index contributed by atoms with van der Waals surface area (Å²) in [5.41, 5.74) is 5.10. The number of hydrogen-bond acceptors (Lipinski definition) is 7. The van der Waals surface area contributed by atoms with Crippen molar-refractivity contribution in [3.05, 3.63) is 35.4 Å². The van der Waals surface area contributed by atoms with Crippen LogP contribution >= 0.6 is 0 Å². The second kappa shape index (κ2) is 10.8. The molecule has 160 valence electrons. The van der Waals surface area contributed by atoms with E-state index in [-0.39, 0.29) is 18.7 Å². The first-order valence-electron chi connectivity index (χ1n) is 10.0. The van der Waals surface area contributed by atoms with Crippen LogP contribution in [-0.4, -0.2) is 48.8 Å². The second-order valence-corrected chi connectivity index (χ2v) is 7.89. The van der Waals surface area contributed by atoms with Crippen LogP contribution in [-0.2, 0) is 20.7 Å². The van der Waals surface area contributed by atoms with Gasteiger partial charge in [-0.25, -0.2) is 9.59 Å². The standard InChI is InChI=1S/C21H32N4O4/c1-14(2)10-17-6-8-18(9-7-17)16(5)24-21(27)29-19(20(26)28-15(3)4)11-25-13-22-12-23-25/h6-9,12,14-16,19H,10-11,13H2,1-5H3,(H,22,23)(H,24,27)/t16-,19+/m0/s1. The SMILES string of the molecule is CC(C)Cc1ccc([C@H](C)NC(=O)O[C@H](CN2CN=CN2)C(=O)OC(C)C)cc1. The van der Waals surface area contributed by atoms with Gasteiger partial charge in [0, 0.05) is 0 Å². The molecule has 1 aliphatic heterocycles. The number of hydrogen-bond donors (Lipinski definition) is 2. The highest BCUT2D eigenvalue weighted by Crippen LogP contribution is 2.16. The zero-order valence-electron chi connectivity index (χ0n) is 17.8. The number of hydrazine groups is 1. The van der Waals surface area contributed by atoms with E-state index in [1.165, 1.54) is 11.9 Å². The number of nitrogens with zero attached hydrogens (tertiary/aromatic N) is 2. The van der Waals surface area contributed by atoms with E-state index in [1.54, 1.807) is 18.9 Å². The van der Waals surface area contributed by atoms with Crippen LogP contribution in [0.15, 0.2) is 29.3 Å². The summed E-state index contributed by atoms with van der Waals surface area (Å²) in [4.78, 5) is 28.7. The summed E-state index contributed by atoms with van der Waals surface area (Å²) < 4.78 is 10.6. The Balaban J connectivity index is 1.94. The van der Waals surface area contributed by atoms with Crippen LogP contribution in [0.1, 0.15) is 51.8 Å². The van der Waals surface area contributed by atoms with Crippen LogP contribution in [0.25, 0.3) is 0 Å². The molecule has 0 saturated carbocycles. The first-order valence-corrected chi connectivity index (χ1v) is 10.0. The van der Waals surface area contributed by atoms with Crippen LogP contribution in [0.4, 0.5) is 4.79 Å². The fourth-order valence-corrected chi connectivity index (χ4v) is 2.92. The average molecular weight is 405 g/mol. The van der Waals surface area contributed by atoms with Gasteiger partial charge >= 0.3 is 12.1 Å². The number of carbonyl (C=O) groups excluding carboxylic acids is 2. The maximum atomic E-state index is 12.4. The fraction of sp³-hybridized carbons (Fsp3) is 0.571. The van der Waals surface area contributed by atoms with E-state index in [4.69, 9.17) is 9.47 Å². The Morgan fingerprint density at radius 2 is 1.83 bits per heavy atom. The molecule has 0 bridgehead atoms. The molecule has 1 aromatic rings. The third kappa shape index (κ3) is 7.73. The molecule has 1 aromatic carbocycles. The van der Waals surface area contributed by atoms with Gasteiger partial charge in [0.25, 0.3) is 0 Å². The Kier molecular flexibility index (Phi) is 8.45. The van der Waals surface area contributed by atoms with Gasteiger partial charge in [-0.3, -0.25) is 4.99 Å². The number of aliphatic imine (C=N–C) groups is 1. The van der Waals surface area contributed by atoms with Crippen LogP contribution in [0.3, 0.4) is 0 Å². The first-order chi connectivity index (χ1) is 13.7. The Morgan fingerprint density at radius 3 is 2.38 bits per heavy atom. The van der Waals surface area contributed by atoms with Crippen molar-refractivity contribution in [1.82, 2.24) is 15.8 Å². The summed E-state index contributed by atoms with van der Waals surface area (Å²) in [6.45, 7) is 10.2. The number of amides is 1. The first kappa shape index (κ1) is 22.7. The lowest BCUT2D eigenvalue weighted by molar-refractivity contribution is -0.158. The maximum absolute atomic E-state index is 12.4. The van der Waals surface area contributed by atoms with Gasteiger partial charge < -0.3 is 20.2 Å². The quantitative estimate of drug-likeness (QED) is 0.615. The van der Waals surface area contributed by atoms with Crippen molar-refractivity contribution in [2.45, 2.75) is 59.3 Å². The molecule has 0 fully saturated rings. The summed E-state index contributed by atoms with van der Waals surface area (Å²) in [6.07, 6.45) is 0.498. The number of benzene rings is 1. The van der Waals surface area contributed by atoms with Gasteiger partial charge in [-0.1, -0.05) is 38.1 Å². The van der Waals surface area contributed by atoms with Gasteiger partial charge in [0.05, 0.1) is 25.0 Å². The summed E-state index contributed by atoms with van der Waals surface area (Å²) in [5.74, 6) is -0.000979. The van der Waals surface area contributed by atoms with Gasteiger partial charge in [0.15, 0.2) is 0 Å². The second-order valence-electron chi connectivity index (χ2n) is 7.89. The summed E-state index contributed by atoms with van der Waals surface area (Å²) in [7, 11) is 0. The van der Waals surface area contributed by atoms with Crippen LogP contribution in [0.2, 0.25) is 0 Å². The van der Waals surface area contributed by atoms with Crippen molar-refractivity contribution < 1.29 is 19.1 Å². The lowest BCUT2D eigenvalue weighted by Gasteiger charge is -2.24. The predicted molar refractivity (Wildman–Crippen MR) is 111 cm³/mol. The van der Waals surface area contributed by atoms with Gasteiger partial charge in [-0.2, -0.15) is 5.01 Å². The molecule has 8 heteroatoms.